The van der Waals surface area contributed by atoms with Gasteiger partial charge >= 0.3 is 0 Å². The van der Waals surface area contributed by atoms with E-state index in [1.54, 1.807) is 0 Å². The summed E-state index contributed by atoms with van der Waals surface area (Å²) in [7, 11) is 0. The van der Waals surface area contributed by atoms with E-state index in [1.165, 1.54) is 6.42 Å². The molecule has 0 heterocycles. The Balaban J connectivity index is 2.17. The molecule has 0 bridgehead atoms. The molecule has 0 spiro atoms. The van der Waals surface area contributed by atoms with Gasteiger partial charge < -0.3 is 10.5 Å². The molecule has 0 radical (unpaired) electrons. The fourth-order valence-electron chi connectivity index (χ4n) is 1.36. The topological polar surface area (TPSA) is 35.2 Å². The van der Waals surface area contributed by atoms with E-state index in [-0.39, 0.29) is 6.10 Å². The number of rotatable bonds is 5. The van der Waals surface area contributed by atoms with Crippen molar-refractivity contribution in [1.82, 2.24) is 0 Å². The average Bonchev–Trinajstić information content (AvgIpc) is 1.98. The molecule has 4 heteroatoms. The lowest BCUT2D eigenvalue weighted by molar-refractivity contribution is -0.108. The third kappa shape index (κ3) is 3.19. The lowest BCUT2D eigenvalue weighted by Gasteiger charge is -2.32. The van der Waals surface area contributed by atoms with Crippen molar-refractivity contribution in [2.75, 3.05) is 13.2 Å². The minimum Gasteiger partial charge on any atom is -0.372 e. The first kappa shape index (κ1) is 10.9. The van der Waals surface area contributed by atoms with Crippen molar-refractivity contribution in [1.29, 1.82) is 0 Å². The molecule has 1 atom stereocenters. The maximum absolute atomic E-state index is 12.6. The molecular weight excluding hydrogens is 176 g/mol. The molecule has 13 heavy (non-hydrogen) atoms. The number of halogens is 2. The van der Waals surface area contributed by atoms with Crippen molar-refractivity contribution in [3.05, 3.63) is 0 Å². The van der Waals surface area contributed by atoms with E-state index in [4.69, 9.17) is 10.5 Å². The Labute approximate surface area is 77.4 Å². The summed E-state index contributed by atoms with van der Waals surface area (Å²) >= 11 is 0. The smallest absolute Gasteiger partial charge is 0.282 e. The summed E-state index contributed by atoms with van der Waals surface area (Å²) in [5.41, 5.74) is 4.89. The van der Waals surface area contributed by atoms with Crippen molar-refractivity contribution in [2.45, 2.75) is 38.2 Å². The van der Waals surface area contributed by atoms with Crippen LogP contribution in [0.4, 0.5) is 8.78 Å². The van der Waals surface area contributed by atoms with E-state index >= 15 is 0 Å². The lowest BCUT2D eigenvalue weighted by atomic mass is 9.82. The second-order valence-electron chi connectivity index (χ2n) is 3.77. The van der Waals surface area contributed by atoms with Crippen LogP contribution in [0.15, 0.2) is 0 Å². The molecule has 0 aromatic carbocycles. The number of hydrogen-bond acceptors (Lipinski definition) is 2. The van der Waals surface area contributed by atoms with Gasteiger partial charge in [-0.05, 0) is 25.7 Å². The number of alkyl halides is 2. The summed E-state index contributed by atoms with van der Waals surface area (Å²) in [5.74, 6) is -2.38. The van der Waals surface area contributed by atoms with Gasteiger partial charge in [-0.15, -0.1) is 0 Å². The van der Waals surface area contributed by atoms with Gasteiger partial charge in [0.25, 0.3) is 5.92 Å². The van der Waals surface area contributed by atoms with Crippen LogP contribution in [-0.4, -0.2) is 25.2 Å². The largest absolute Gasteiger partial charge is 0.372 e. The van der Waals surface area contributed by atoms with Crippen LogP contribution in [-0.2, 0) is 4.74 Å². The molecule has 0 aliphatic heterocycles. The molecule has 0 aromatic heterocycles. The predicted molar refractivity (Wildman–Crippen MR) is 46.8 cm³/mol. The summed E-state index contributed by atoms with van der Waals surface area (Å²) in [5, 5.41) is 0. The molecule has 1 aliphatic rings. The number of ether oxygens (including phenoxy) is 1. The summed E-state index contributed by atoms with van der Waals surface area (Å²) < 4.78 is 30.4. The van der Waals surface area contributed by atoms with Crippen molar-refractivity contribution in [3.63, 3.8) is 0 Å². The molecule has 0 saturated heterocycles. The zero-order chi connectivity index (χ0) is 9.90. The zero-order valence-electron chi connectivity index (χ0n) is 7.93. The Bertz CT molecular complexity index is 160. The highest BCUT2D eigenvalue weighted by molar-refractivity contribution is 4.76. The fourth-order valence-corrected chi connectivity index (χ4v) is 1.36. The van der Waals surface area contributed by atoms with Crippen molar-refractivity contribution in [2.24, 2.45) is 11.7 Å². The Morgan fingerprint density at radius 1 is 1.54 bits per heavy atom. The maximum Gasteiger partial charge on any atom is 0.282 e. The number of hydrogen-bond donors (Lipinski definition) is 1. The van der Waals surface area contributed by atoms with Gasteiger partial charge in [-0.3, -0.25) is 0 Å². The second-order valence-corrected chi connectivity index (χ2v) is 3.77. The standard InChI is InChI=1S/C9H17F2NO/c1-7(8-3-2-4-8)13-6-9(10,11)5-12/h7-8H,2-6,12H2,1H3. The first-order valence-corrected chi connectivity index (χ1v) is 4.74. The summed E-state index contributed by atoms with van der Waals surface area (Å²) in [6.45, 7) is 0.683. The molecule has 1 aliphatic carbocycles. The van der Waals surface area contributed by atoms with Gasteiger partial charge in [0.05, 0.1) is 12.6 Å². The van der Waals surface area contributed by atoms with Crippen LogP contribution in [0, 0.1) is 5.92 Å². The van der Waals surface area contributed by atoms with Crippen molar-refractivity contribution >= 4 is 0 Å². The molecule has 0 aromatic rings. The van der Waals surface area contributed by atoms with E-state index in [0.717, 1.165) is 12.8 Å². The van der Waals surface area contributed by atoms with E-state index in [1.807, 2.05) is 6.92 Å². The third-order valence-corrected chi connectivity index (χ3v) is 2.67. The first-order chi connectivity index (χ1) is 6.05. The molecule has 2 nitrogen and oxygen atoms in total. The van der Waals surface area contributed by atoms with Gasteiger partial charge in [-0.25, -0.2) is 8.78 Å². The zero-order valence-corrected chi connectivity index (χ0v) is 7.93. The van der Waals surface area contributed by atoms with E-state index in [2.05, 4.69) is 0 Å². The monoisotopic (exact) mass is 193 g/mol. The summed E-state index contributed by atoms with van der Waals surface area (Å²) in [6.07, 6.45) is 3.36. The normalized spacial score (nSPS) is 21.2. The van der Waals surface area contributed by atoms with Crippen LogP contribution in [0.25, 0.3) is 0 Å². The highest BCUT2D eigenvalue weighted by atomic mass is 19.3. The maximum atomic E-state index is 12.6. The van der Waals surface area contributed by atoms with E-state index in [0.29, 0.717) is 5.92 Å². The van der Waals surface area contributed by atoms with Gasteiger partial charge in [0, 0.05) is 0 Å². The SMILES string of the molecule is CC(OCC(F)(F)CN)C1CCC1. The molecule has 1 saturated carbocycles. The average molecular weight is 193 g/mol. The first-order valence-electron chi connectivity index (χ1n) is 4.74. The van der Waals surface area contributed by atoms with Crippen molar-refractivity contribution < 1.29 is 13.5 Å². The summed E-state index contributed by atoms with van der Waals surface area (Å²) in [4.78, 5) is 0. The molecule has 2 N–H and O–H groups in total. The molecule has 1 unspecified atom stereocenters. The van der Waals surface area contributed by atoms with Crippen LogP contribution in [0.1, 0.15) is 26.2 Å². The van der Waals surface area contributed by atoms with E-state index in [9.17, 15) is 8.78 Å². The molecular formula is C9H17F2NO. The van der Waals surface area contributed by atoms with Crippen LogP contribution >= 0.6 is 0 Å². The Morgan fingerprint density at radius 3 is 2.54 bits per heavy atom. The predicted octanol–water partition coefficient (Wildman–Crippen LogP) is 1.79. The quantitative estimate of drug-likeness (QED) is 0.722. The Hall–Kier alpha value is -0.220. The van der Waals surface area contributed by atoms with Gasteiger partial charge in [0.2, 0.25) is 0 Å². The number of nitrogens with two attached hydrogens (primary N) is 1. The molecule has 78 valence electrons. The third-order valence-electron chi connectivity index (χ3n) is 2.67. The second kappa shape index (κ2) is 4.33. The summed E-state index contributed by atoms with van der Waals surface area (Å²) in [6, 6.07) is 0. The van der Waals surface area contributed by atoms with Gasteiger partial charge in [0.1, 0.15) is 6.61 Å². The lowest BCUT2D eigenvalue weighted by Crippen LogP contribution is -2.37. The van der Waals surface area contributed by atoms with Gasteiger partial charge in [-0.2, -0.15) is 0 Å². The van der Waals surface area contributed by atoms with Crippen molar-refractivity contribution in [3.8, 4) is 0 Å². The Morgan fingerprint density at radius 2 is 2.15 bits per heavy atom. The van der Waals surface area contributed by atoms with Crippen LogP contribution in [0.3, 0.4) is 0 Å². The minimum absolute atomic E-state index is 0.0498. The molecule has 0 amide bonds. The Kier molecular flexibility index (Phi) is 3.62. The fraction of sp³-hybridized carbons (Fsp3) is 1.00. The van der Waals surface area contributed by atoms with Crippen LogP contribution < -0.4 is 5.73 Å². The van der Waals surface area contributed by atoms with Crippen LogP contribution in [0.2, 0.25) is 0 Å². The molecule has 1 fully saturated rings. The minimum atomic E-state index is -2.86. The van der Waals surface area contributed by atoms with Gasteiger partial charge in [0.15, 0.2) is 0 Å². The van der Waals surface area contributed by atoms with Gasteiger partial charge in [-0.1, -0.05) is 6.42 Å². The molecule has 1 rings (SSSR count). The highest BCUT2D eigenvalue weighted by Crippen LogP contribution is 2.31. The van der Waals surface area contributed by atoms with E-state index < -0.39 is 19.1 Å². The highest BCUT2D eigenvalue weighted by Gasteiger charge is 2.31. The van der Waals surface area contributed by atoms with Crippen LogP contribution in [0.5, 0.6) is 0 Å².